The van der Waals surface area contributed by atoms with E-state index in [1.54, 1.807) is 0 Å². The van der Waals surface area contributed by atoms with Crippen LogP contribution in [0.5, 0.6) is 0 Å². The van der Waals surface area contributed by atoms with Gasteiger partial charge in [-0.2, -0.15) is 17.0 Å². The van der Waals surface area contributed by atoms with Crippen LogP contribution < -0.4 is 10.6 Å². The molecule has 1 unspecified atom stereocenters. The summed E-state index contributed by atoms with van der Waals surface area (Å²) < 4.78 is 0. The molecule has 3 nitrogen and oxygen atoms in total. The van der Waals surface area contributed by atoms with Crippen LogP contribution in [-0.4, -0.2) is 24.6 Å². The number of nitrogen functional groups attached to an aromatic ring is 1. The summed E-state index contributed by atoms with van der Waals surface area (Å²) in [6.45, 7) is 0. The highest BCUT2D eigenvalue weighted by Gasteiger charge is 2.20. The number of hydrogen-bond acceptors (Lipinski definition) is 4. The lowest BCUT2D eigenvalue weighted by molar-refractivity contribution is 0.700. The van der Waals surface area contributed by atoms with Gasteiger partial charge >= 0.3 is 0 Å². The monoisotopic (exact) mass is 233 g/mol. The molecule has 16 heavy (non-hydrogen) atoms. The molecule has 2 N–H and O–H groups in total. The van der Waals surface area contributed by atoms with Crippen molar-refractivity contribution < 1.29 is 0 Å². The summed E-state index contributed by atoms with van der Waals surface area (Å²) in [5, 5.41) is 8.94. The lowest BCUT2D eigenvalue weighted by Gasteiger charge is -2.26. The van der Waals surface area contributed by atoms with Crippen LogP contribution >= 0.6 is 11.8 Å². The molecule has 4 heteroatoms. The van der Waals surface area contributed by atoms with Crippen molar-refractivity contribution >= 4 is 23.1 Å². The zero-order valence-corrected chi connectivity index (χ0v) is 10.1. The molecule has 1 aliphatic rings. The average Bonchev–Trinajstić information content (AvgIpc) is 2.82. The maximum absolute atomic E-state index is 8.94. The molecule has 0 amide bonds. The molecule has 2 rings (SSSR count). The molecule has 84 valence electrons. The Hall–Kier alpha value is -1.34. The molecule has 0 radical (unpaired) electrons. The predicted molar refractivity (Wildman–Crippen MR) is 69.7 cm³/mol. The Kier molecular flexibility index (Phi) is 3.25. The molecule has 0 spiro atoms. The van der Waals surface area contributed by atoms with Crippen LogP contribution in [0.4, 0.5) is 11.4 Å². The second kappa shape index (κ2) is 4.67. The summed E-state index contributed by atoms with van der Waals surface area (Å²) >= 11 is 1.99. The number of nitriles is 1. The summed E-state index contributed by atoms with van der Waals surface area (Å²) in [6.07, 6.45) is 1.22. The van der Waals surface area contributed by atoms with Crippen molar-refractivity contribution in [3.05, 3.63) is 23.8 Å². The van der Waals surface area contributed by atoms with E-state index in [0.29, 0.717) is 17.3 Å². The molecule has 1 heterocycles. The smallest absolute Gasteiger partial charge is 0.101 e. The number of hydrogen-bond donors (Lipinski definition) is 1. The third kappa shape index (κ3) is 2.10. The maximum atomic E-state index is 8.94. The highest BCUT2D eigenvalue weighted by Crippen LogP contribution is 2.27. The van der Waals surface area contributed by atoms with Crippen molar-refractivity contribution in [1.82, 2.24) is 0 Å². The molecule has 0 saturated carbocycles. The Morgan fingerprint density at radius 3 is 3.00 bits per heavy atom. The van der Waals surface area contributed by atoms with E-state index in [1.807, 2.05) is 30.0 Å². The van der Waals surface area contributed by atoms with E-state index in [9.17, 15) is 0 Å². The second-order valence-electron chi connectivity index (χ2n) is 4.01. The Morgan fingerprint density at radius 2 is 2.38 bits per heavy atom. The molecule has 1 saturated heterocycles. The number of nitrogens with zero attached hydrogens (tertiary/aromatic N) is 2. The third-order valence-electron chi connectivity index (χ3n) is 3.02. The highest BCUT2D eigenvalue weighted by atomic mass is 32.2. The normalized spacial score (nSPS) is 19.4. The van der Waals surface area contributed by atoms with Crippen LogP contribution in [0.15, 0.2) is 18.2 Å². The van der Waals surface area contributed by atoms with Crippen LogP contribution in [0.1, 0.15) is 12.0 Å². The predicted octanol–water partition coefficient (Wildman–Crippen LogP) is 2.08. The first-order chi connectivity index (χ1) is 7.72. The highest BCUT2D eigenvalue weighted by molar-refractivity contribution is 7.99. The lowest BCUT2D eigenvalue weighted by Crippen LogP contribution is -2.31. The van der Waals surface area contributed by atoms with E-state index in [1.165, 1.54) is 17.9 Å². The number of thioether (sulfide) groups is 1. The molecule has 1 aromatic carbocycles. The van der Waals surface area contributed by atoms with Crippen LogP contribution in [0, 0.1) is 11.3 Å². The minimum Gasteiger partial charge on any atom is -0.398 e. The van der Waals surface area contributed by atoms with Crippen molar-refractivity contribution in [2.45, 2.75) is 12.5 Å². The van der Waals surface area contributed by atoms with Gasteiger partial charge in [-0.25, -0.2) is 0 Å². The van der Waals surface area contributed by atoms with Gasteiger partial charge in [0.15, 0.2) is 0 Å². The first kappa shape index (κ1) is 11.2. The molecule has 0 aliphatic carbocycles. The van der Waals surface area contributed by atoms with Gasteiger partial charge in [0, 0.05) is 30.2 Å². The van der Waals surface area contributed by atoms with Gasteiger partial charge in [-0.15, -0.1) is 0 Å². The van der Waals surface area contributed by atoms with Gasteiger partial charge in [-0.1, -0.05) is 0 Å². The number of benzene rings is 1. The summed E-state index contributed by atoms with van der Waals surface area (Å²) in [5.74, 6) is 2.40. The fraction of sp³-hybridized carbons (Fsp3) is 0.417. The van der Waals surface area contributed by atoms with Gasteiger partial charge in [0.25, 0.3) is 0 Å². The Labute approximate surface area is 100 Å². The molecule has 1 atom stereocenters. The van der Waals surface area contributed by atoms with Crippen molar-refractivity contribution in [2.24, 2.45) is 0 Å². The summed E-state index contributed by atoms with van der Waals surface area (Å²) in [6, 6.07) is 8.38. The van der Waals surface area contributed by atoms with E-state index in [-0.39, 0.29) is 0 Å². The van der Waals surface area contributed by atoms with Gasteiger partial charge in [-0.3, -0.25) is 0 Å². The van der Waals surface area contributed by atoms with Crippen molar-refractivity contribution in [3.8, 4) is 6.07 Å². The van der Waals surface area contributed by atoms with E-state index in [2.05, 4.69) is 18.0 Å². The van der Waals surface area contributed by atoms with Gasteiger partial charge in [0.05, 0.1) is 5.56 Å². The summed E-state index contributed by atoms with van der Waals surface area (Å²) in [7, 11) is 2.09. The van der Waals surface area contributed by atoms with Crippen LogP contribution in [0.25, 0.3) is 0 Å². The Bertz CT molecular complexity index is 419. The Balaban J connectivity index is 2.23. The number of nitrogens with two attached hydrogens (primary N) is 1. The first-order valence-electron chi connectivity index (χ1n) is 5.32. The van der Waals surface area contributed by atoms with Crippen molar-refractivity contribution in [3.63, 3.8) is 0 Å². The van der Waals surface area contributed by atoms with Gasteiger partial charge in [0.2, 0.25) is 0 Å². The van der Waals surface area contributed by atoms with E-state index in [0.717, 1.165) is 5.69 Å². The van der Waals surface area contributed by atoms with Crippen molar-refractivity contribution in [2.75, 3.05) is 29.2 Å². The average molecular weight is 233 g/mol. The summed E-state index contributed by atoms with van der Waals surface area (Å²) in [4.78, 5) is 2.25. The molecule has 1 aliphatic heterocycles. The SMILES string of the molecule is CN(c1ccc(N)c(C#N)c1)C1CCSC1. The largest absolute Gasteiger partial charge is 0.398 e. The third-order valence-corrected chi connectivity index (χ3v) is 4.16. The molecular formula is C12H15N3S. The number of anilines is 2. The number of rotatable bonds is 2. The summed E-state index contributed by atoms with van der Waals surface area (Å²) in [5.41, 5.74) is 7.91. The molecule has 1 fully saturated rings. The van der Waals surface area contributed by atoms with E-state index >= 15 is 0 Å². The van der Waals surface area contributed by atoms with Crippen LogP contribution in [-0.2, 0) is 0 Å². The minimum atomic E-state index is 0.556. The van der Waals surface area contributed by atoms with Gasteiger partial charge < -0.3 is 10.6 Å². The standard InChI is InChI=1S/C12H15N3S/c1-15(11-4-5-16-8-11)10-2-3-12(14)9(6-10)7-13/h2-3,6,11H,4-5,8,14H2,1H3. The van der Waals surface area contributed by atoms with Crippen molar-refractivity contribution in [1.29, 1.82) is 5.26 Å². The van der Waals surface area contributed by atoms with E-state index < -0.39 is 0 Å². The van der Waals surface area contributed by atoms with Crippen LogP contribution in [0.3, 0.4) is 0 Å². The quantitative estimate of drug-likeness (QED) is 0.795. The molecule has 0 aromatic heterocycles. The molecular weight excluding hydrogens is 218 g/mol. The zero-order chi connectivity index (χ0) is 11.5. The second-order valence-corrected chi connectivity index (χ2v) is 5.16. The van der Waals surface area contributed by atoms with Crippen LogP contribution in [0.2, 0.25) is 0 Å². The maximum Gasteiger partial charge on any atom is 0.101 e. The Morgan fingerprint density at radius 1 is 1.56 bits per heavy atom. The zero-order valence-electron chi connectivity index (χ0n) is 9.31. The van der Waals surface area contributed by atoms with Gasteiger partial charge in [0.1, 0.15) is 6.07 Å². The van der Waals surface area contributed by atoms with E-state index in [4.69, 9.17) is 11.0 Å². The minimum absolute atomic E-state index is 0.556. The fourth-order valence-electron chi connectivity index (χ4n) is 1.90. The first-order valence-corrected chi connectivity index (χ1v) is 6.48. The molecule has 0 bridgehead atoms. The molecule has 1 aromatic rings. The topological polar surface area (TPSA) is 53.0 Å². The fourth-order valence-corrected chi connectivity index (χ4v) is 3.17. The van der Waals surface area contributed by atoms with Gasteiger partial charge in [-0.05, 0) is 30.4 Å². The lowest BCUT2D eigenvalue weighted by atomic mass is 10.1.